The first-order valence-corrected chi connectivity index (χ1v) is 21.2. The van der Waals surface area contributed by atoms with Crippen LogP contribution >= 0.6 is 0 Å². The van der Waals surface area contributed by atoms with Crippen LogP contribution in [-0.2, 0) is 9.68 Å². The molecule has 4 saturated carbocycles. The molecule has 2 aromatic rings. The van der Waals surface area contributed by atoms with Gasteiger partial charge in [-0.05, 0) is 0 Å². The second-order valence-electron chi connectivity index (χ2n) is 13.9. The summed E-state index contributed by atoms with van der Waals surface area (Å²) in [6, 6.07) is 18.2. The van der Waals surface area contributed by atoms with Gasteiger partial charge in [0.05, 0.1) is 0 Å². The maximum atomic E-state index is 12.8. The average Bonchev–Trinajstić information content (AvgIpc) is 3.48. The van der Waals surface area contributed by atoms with Gasteiger partial charge < -0.3 is 0 Å². The van der Waals surface area contributed by atoms with Crippen molar-refractivity contribution in [1.29, 1.82) is 0 Å². The second kappa shape index (κ2) is 10.7. The number of benzene rings is 2. The topological polar surface area (TPSA) is 77.3 Å². The number of hydrogen-bond acceptors (Lipinski definition) is 6. The summed E-state index contributed by atoms with van der Waals surface area (Å²) >= 11 is 0.549. The summed E-state index contributed by atoms with van der Waals surface area (Å²) in [6.07, 6.45) is 4.52. The molecule has 0 aromatic heterocycles. The van der Waals surface area contributed by atoms with E-state index in [9.17, 15) is 9.59 Å². The summed E-state index contributed by atoms with van der Waals surface area (Å²) in [5, 5.41) is 9.34. The molecule has 6 nitrogen and oxygen atoms in total. The fourth-order valence-electron chi connectivity index (χ4n) is 8.14. The van der Waals surface area contributed by atoms with Gasteiger partial charge in [0.1, 0.15) is 0 Å². The normalized spacial score (nSPS) is 35.6. The summed E-state index contributed by atoms with van der Waals surface area (Å²) in [5.74, 6) is 0.247. The molecule has 0 aliphatic heterocycles. The van der Waals surface area contributed by atoms with Gasteiger partial charge in [-0.15, -0.1) is 0 Å². The summed E-state index contributed by atoms with van der Waals surface area (Å²) in [4.78, 5) is 37.6. The van der Waals surface area contributed by atoms with Crippen molar-refractivity contribution >= 4 is 49.6 Å². The molecule has 0 heterocycles. The van der Waals surface area contributed by atoms with Crippen LogP contribution in [-0.4, -0.2) is 49.6 Å². The van der Waals surface area contributed by atoms with Crippen molar-refractivity contribution in [3.8, 4) is 0 Å². The fraction of sp³-hybridized carbons (Fsp3) is 0.529. The van der Waals surface area contributed by atoms with Gasteiger partial charge in [0, 0.05) is 0 Å². The monoisotopic (exact) mass is 700 g/mol. The summed E-state index contributed by atoms with van der Waals surface area (Å²) in [7, 11) is 0. The first-order valence-electron chi connectivity index (χ1n) is 14.9. The van der Waals surface area contributed by atoms with Crippen molar-refractivity contribution in [2.24, 2.45) is 43.8 Å². The van der Waals surface area contributed by atoms with Gasteiger partial charge >= 0.3 is 261 Å². The third kappa shape index (κ3) is 4.48. The molecular weight excluding hydrogens is 658 g/mol. The molecule has 0 N–H and O–H groups in total. The number of nitrogens with zero attached hydrogens (tertiary/aromatic N) is 2. The van der Waals surface area contributed by atoms with Gasteiger partial charge in [0.25, 0.3) is 0 Å². The number of carbonyl (C=O) groups is 2. The molecule has 6 atom stereocenters. The van der Waals surface area contributed by atoms with Gasteiger partial charge in [-0.25, -0.2) is 0 Å². The van der Waals surface area contributed by atoms with E-state index in [2.05, 4.69) is 51.9 Å². The van der Waals surface area contributed by atoms with Crippen LogP contribution in [0.3, 0.4) is 0 Å². The molecule has 4 fully saturated rings. The second-order valence-corrected chi connectivity index (χ2v) is 21.0. The van der Waals surface area contributed by atoms with E-state index in [0.717, 1.165) is 24.3 Å². The molecule has 4 aliphatic rings. The number of hydrogen-bond donors (Lipinski definition) is 0. The van der Waals surface area contributed by atoms with Crippen LogP contribution in [0.4, 0.5) is 0 Å². The summed E-state index contributed by atoms with van der Waals surface area (Å²) in [6.45, 7) is 14.1. The zero-order valence-electron chi connectivity index (χ0n) is 25.3. The van der Waals surface area contributed by atoms with Gasteiger partial charge in [-0.3, -0.25) is 0 Å². The van der Waals surface area contributed by atoms with E-state index in [0.29, 0.717) is 32.6 Å². The first-order chi connectivity index (χ1) is 19.9. The number of rotatable bonds is 7. The average molecular weight is 699 g/mol. The third-order valence-corrected chi connectivity index (χ3v) is 20.9. The molecular formula is C34H40N2O4Se2. The predicted molar refractivity (Wildman–Crippen MR) is 167 cm³/mol. The molecule has 0 amide bonds. The molecule has 4 aliphatic carbocycles. The molecule has 4 unspecified atom stereocenters. The van der Waals surface area contributed by atoms with E-state index in [1.807, 2.05) is 36.4 Å². The molecule has 0 spiro atoms. The van der Waals surface area contributed by atoms with E-state index >= 15 is 0 Å². The van der Waals surface area contributed by atoms with Gasteiger partial charge in [0.2, 0.25) is 0 Å². The molecule has 0 radical (unpaired) electrons. The fourth-order valence-corrected chi connectivity index (χ4v) is 20.4. The quantitative estimate of drug-likeness (QED) is 0.174. The Labute approximate surface area is 260 Å². The number of oxime groups is 2. The zero-order valence-corrected chi connectivity index (χ0v) is 28.7. The molecule has 42 heavy (non-hydrogen) atoms. The Morgan fingerprint density at radius 3 is 1.36 bits per heavy atom. The van der Waals surface area contributed by atoms with E-state index < -0.39 is 11.9 Å². The molecule has 0 saturated heterocycles. The maximum absolute atomic E-state index is 12.8. The minimum atomic E-state index is -0.401. The van der Waals surface area contributed by atoms with Crippen molar-refractivity contribution in [2.45, 2.75) is 76.9 Å². The van der Waals surface area contributed by atoms with Crippen molar-refractivity contribution in [2.75, 3.05) is 0 Å². The van der Waals surface area contributed by atoms with Crippen LogP contribution in [0, 0.1) is 33.5 Å². The van der Waals surface area contributed by atoms with Crippen molar-refractivity contribution in [3.63, 3.8) is 0 Å². The van der Waals surface area contributed by atoms with Gasteiger partial charge in [0.15, 0.2) is 0 Å². The van der Waals surface area contributed by atoms with Gasteiger partial charge in [-0.2, -0.15) is 0 Å². The zero-order chi connectivity index (χ0) is 29.9. The Balaban J connectivity index is 1.26. The van der Waals surface area contributed by atoms with E-state index in [1.165, 1.54) is 12.8 Å². The number of carbonyl (C=O) groups excluding carboxylic acids is 2. The van der Waals surface area contributed by atoms with Crippen molar-refractivity contribution in [1.82, 2.24) is 0 Å². The Hall–Kier alpha value is -2.24. The SMILES string of the molecule is CC1(C)C2CC[C@@]1(C)/C(=N/OC(=O)c1ccccc1)C2[Se][Se]C1/C(=N\OC(=O)c2ccccc2)[C@]2(C)CCC1C2(C)C. The van der Waals surface area contributed by atoms with Crippen molar-refractivity contribution < 1.29 is 19.3 Å². The Morgan fingerprint density at radius 1 is 0.643 bits per heavy atom. The van der Waals surface area contributed by atoms with Gasteiger partial charge in [-0.1, -0.05) is 0 Å². The standard InChI is InChI=1S/C34H40N2O4Se2/c1-31(2)23-17-19-33(31,5)27(35-39-29(37)21-13-9-7-10-14-21)25(23)41-42-26-24-18-20-34(6,32(24,3)4)28(26)36-40-30(38)22-15-11-8-12-16-22/h7-16,23-26H,17-20H2,1-6H3/b35-27+,36-28+/t23?,24?,25?,26?,33-,34-/m0/s1. The Bertz CT molecular complexity index is 1330. The molecule has 8 heteroatoms. The van der Waals surface area contributed by atoms with Crippen LogP contribution < -0.4 is 0 Å². The molecule has 222 valence electrons. The van der Waals surface area contributed by atoms with E-state index in [-0.39, 0.29) is 47.9 Å². The summed E-state index contributed by atoms with van der Waals surface area (Å²) < 4.78 is 0. The third-order valence-electron chi connectivity index (χ3n) is 11.7. The van der Waals surface area contributed by atoms with Crippen molar-refractivity contribution in [3.05, 3.63) is 71.8 Å². The van der Waals surface area contributed by atoms with Crippen LogP contribution in [0.5, 0.6) is 0 Å². The number of fused-ring (bicyclic) bond motifs is 4. The summed E-state index contributed by atoms with van der Waals surface area (Å²) in [5.41, 5.74) is 3.21. The Kier molecular flexibility index (Phi) is 7.62. The molecule has 2 aromatic carbocycles. The first kappa shape index (κ1) is 29.8. The van der Waals surface area contributed by atoms with E-state index in [4.69, 9.17) is 9.68 Å². The van der Waals surface area contributed by atoms with Crippen LogP contribution in [0.2, 0.25) is 9.63 Å². The minimum absolute atomic E-state index is 0.0841. The van der Waals surface area contributed by atoms with E-state index in [1.54, 1.807) is 24.3 Å². The van der Waals surface area contributed by atoms with Crippen LogP contribution in [0.15, 0.2) is 71.0 Å². The molecule has 4 bridgehead atoms. The molecule has 6 rings (SSSR count). The van der Waals surface area contributed by atoms with Crippen LogP contribution in [0.1, 0.15) is 87.9 Å². The Morgan fingerprint density at radius 2 is 1.00 bits per heavy atom. The van der Waals surface area contributed by atoms with Crippen LogP contribution in [0.25, 0.3) is 0 Å². The predicted octanol–water partition coefficient (Wildman–Crippen LogP) is 7.23.